The highest BCUT2D eigenvalue weighted by Crippen LogP contribution is 2.14. The molecule has 0 saturated carbocycles. The van der Waals surface area contributed by atoms with Gasteiger partial charge in [-0.25, -0.2) is 0 Å². The van der Waals surface area contributed by atoms with Crippen molar-refractivity contribution < 1.29 is 0 Å². The molecule has 0 fully saturated rings. The maximum atomic E-state index is 2.36. The summed E-state index contributed by atoms with van der Waals surface area (Å²) < 4.78 is 0. The first kappa shape index (κ1) is 12.0. The summed E-state index contributed by atoms with van der Waals surface area (Å²) in [4.78, 5) is 2.32. The Morgan fingerprint density at radius 3 is 2.59 bits per heavy atom. The molecule has 2 rings (SSSR count). The molecule has 1 aromatic rings. The first-order chi connectivity index (χ1) is 8.38. The summed E-state index contributed by atoms with van der Waals surface area (Å²) in [5, 5.41) is 0. The molecule has 17 heavy (non-hydrogen) atoms. The van der Waals surface area contributed by atoms with Gasteiger partial charge in [0.25, 0.3) is 0 Å². The highest BCUT2D eigenvalue weighted by molar-refractivity contribution is 5.23. The molecule has 0 atom stereocenters. The number of likely N-dealkylation sites (N-methyl/N-ethyl adjacent to an activating group) is 1. The molecular formula is C16H21N. The average molecular weight is 227 g/mol. The Labute approximate surface area is 104 Å². The predicted molar refractivity (Wildman–Crippen MR) is 73.9 cm³/mol. The lowest BCUT2D eigenvalue weighted by Crippen LogP contribution is -2.18. The average Bonchev–Trinajstić information content (AvgIpc) is 2.41. The second-order valence-corrected chi connectivity index (χ2v) is 4.52. The van der Waals surface area contributed by atoms with Crippen LogP contribution in [0.5, 0.6) is 0 Å². The Kier molecular flexibility index (Phi) is 4.43. The molecule has 90 valence electrons. The second kappa shape index (κ2) is 6.29. The minimum Gasteiger partial charge on any atom is -0.374 e. The van der Waals surface area contributed by atoms with Crippen LogP contribution >= 0.6 is 0 Å². The van der Waals surface area contributed by atoms with Gasteiger partial charge in [0.05, 0.1) is 0 Å². The minimum absolute atomic E-state index is 1.08. The summed E-state index contributed by atoms with van der Waals surface area (Å²) >= 11 is 0. The van der Waals surface area contributed by atoms with E-state index in [0.717, 1.165) is 13.1 Å². The van der Waals surface area contributed by atoms with Crippen molar-refractivity contribution in [2.24, 2.45) is 0 Å². The molecule has 0 spiro atoms. The van der Waals surface area contributed by atoms with Gasteiger partial charge in [-0.1, -0.05) is 36.4 Å². The van der Waals surface area contributed by atoms with E-state index in [4.69, 9.17) is 0 Å². The maximum absolute atomic E-state index is 2.36. The second-order valence-electron chi connectivity index (χ2n) is 4.52. The fourth-order valence-corrected chi connectivity index (χ4v) is 2.13. The van der Waals surface area contributed by atoms with Gasteiger partial charge in [-0.2, -0.15) is 0 Å². The highest BCUT2D eigenvalue weighted by atomic mass is 15.1. The van der Waals surface area contributed by atoms with Crippen LogP contribution in [0.4, 0.5) is 0 Å². The van der Waals surface area contributed by atoms with Crippen LogP contribution in [0.25, 0.3) is 0 Å². The molecule has 1 aromatic carbocycles. The van der Waals surface area contributed by atoms with Crippen LogP contribution < -0.4 is 0 Å². The normalized spacial score (nSPS) is 14.9. The molecule has 1 heteroatoms. The van der Waals surface area contributed by atoms with E-state index < -0.39 is 0 Å². The van der Waals surface area contributed by atoms with Gasteiger partial charge in [-0.15, -0.1) is 0 Å². The number of rotatable bonds is 5. The molecule has 0 saturated heterocycles. The van der Waals surface area contributed by atoms with Crippen LogP contribution in [0.15, 0.2) is 54.3 Å². The number of aryl methyl sites for hydroxylation is 1. The van der Waals surface area contributed by atoms with Gasteiger partial charge in [-0.05, 0) is 49.6 Å². The molecule has 0 radical (unpaired) electrons. The molecule has 0 aromatic heterocycles. The summed E-state index contributed by atoms with van der Waals surface area (Å²) in [6.45, 7) is 4.37. The van der Waals surface area contributed by atoms with Crippen LogP contribution in [0.1, 0.15) is 25.3 Å². The van der Waals surface area contributed by atoms with Crippen molar-refractivity contribution in [1.29, 1.82) is 0 Å². The van der Waals surface area contributed by atoms with Gasteiger partial charge in [0, 0.05) is 13.1 Å². The van der Waals surface area contributed by atoms with Crippen molar-refractivity contribution in [3.8, 4) is 0 Å². The Morgan fingerprint density at radius 1 is 1.12 bits per heavy atom. The van der Waals surface area contributed by atoms with E-state index in [1.807, 2.05) is 0 Å². The summed E-state index contributed by atoms with van der Waals surface area (Å²) in [5.41, 5.74) is 2.94. The Balaban J connectivity index is 1.73. The number of nitrogens with zero attached hydrogens (tertiary/aromatic N) is 1. The SMILES string of the molecule is CCN1C=CC(CCCc2ccccc2)=CC1. The van der Waals surface area contributed by atoms with Crippen LogP contribution in [0, 0.1) is 0 Å². The van der Waals surface area contributed by atoms with Gasteiger partial charge in [0.1, 0.15) is 0 Å². The molecule has 0 bridgehead atoms. The van der Waals surface area contributed by atoms with Crippen LogP contribution in [0.3, 0.4) is 0 Å². The molecule has 1 aliphatic rings. The summed E-state index contributed by atoms with van der Waals surface area (Å²) in [7, 11) is 0. The van der Waals surface area contributed by atoms with Crippen molar-refractivity contribution in [1.82, 2.24) is 4.90 Å². The maximum Gasteiger partial charge on any atom is 0.0359 e. The Bertz CT molecular complexity index is 389. The zero-order chi connectivity index (χ0) is 11.9. The third-order valence-electron chi connectivity index (χ3n) is 3.27. The first-order valence-electron chi connectivity index (χ1n) is 6.53. The van der Waals surface area contributed by atoms with Crippen molar-refractivity contribution in [2.45, 2.75) is 26.2 Å². The van der Waals surface area contributed by atoms with Crippen LogP contribution in [-0.2, 0) is 6.42 Å². The third-order valence-corrected chi connectivity index (χ3v) is 3.27. The molecule has 0 N–H and O–H groups in total. The monoisotopic (exact) mass is 227 g/mol. The zero-order valence-electron chi connectivity index (χ0n) is 10.6. The number of hydrogen-bond acceptors (Lipinski definition) is 1. The van der Waals surface area contributed by atoms with E-state index in [0.29, 0.717) is 0 Å². The Hall–Kier alpha value is -1.50. The standard InChI is InChI=1S/C16H21N/c1-2-17-13-11-16(12-14-17)10-6-9-15-7-4-3-5-8-15/h3-5,7-8,11-13H,2,6,9-10,14H2,1H3. The van der Waals surface area contributed by atoms with E-state index in [2.05, 4.69) is 60.5 Å². The van der Waals surface area contributed by atoms with E-state index in [1.54, 1.807) is 0 Å². The Morgan fingerprint density at radius 2 is 1.94 bits per heavy atom. The molecule has 0 unspecified atom stereocenters. The fraction of sp³-hybridized carbons (Fsp3) is 0.375. The van der Waals surface area contributed by atoms with Gasteiger partial charge in [0.2, 0.25) is 0 Å². The number of hydrogen-bond donors (Lipinski definition) is 0. The van der Waals surface area contributed by atoms with E-state index in [9.17, 15) is 0 Å². The lowest BCUT2D eigenvalue weighted by molar-refractivity contribution is 0.432. The summed E-state index contributed by atoms with van der Waals surface area (Å²) in [6, 6.07) is 10.7. The predicted octanol–water partition coefficient (Wildman–Crippen LogP) is 3.78. The smallest absolute Gasteiger partial charge is 0.0359 e. The molecule has 1 aliphatic heterocycles. The quantitative estimate of drug-likeness (QED) is 0.740. The molecule has 0 aliphatic carbocycles. The van der Waals surface area contributed by atoms with Gasteiger partial charge in [0.15, 0.2) is 0 Å². The molecule has 0 amide bonds. The van der Waals surface area contributed by atoms with Crippen molar-refractivity contribution in [2.75, 3.05) is 13.1 Å². The lowest BCUT2D eigenvalue weighted by Gasteiger charge is -2.20. The summed E-state index contributed by atoms with van der Waals surface area (Å²) in [5.74, 6) is 0. The molecular weight excluding hydrogens is 206 g/mol. The van der Waals surface area contributed by atoms with Gasteiger partial charge in [-0.3, -0.25) is 0 Å². The van der Waals surface area contributed by atoms with Crippen LogP contribution in [0.2, 0.25) is 0 Å². The van der Waals surface area contributed by atoms with Crippen molar-refractivity contribution in [3.05, 3.63) is 59.8 Å². The first-order valence-corrected chi connectivity index (χ1v) is 6.53. The summed E-state index contributed by atoms with van der Waals surface area (Å²) in [6.07, 6.45) is 10.5. The van der Waals surface area contributed by atoms with E-state index in [-0.39, 0.29) is 0 Å². The van der Waals surface area contributed by atoms with E-state index in [1.165, 1.54) is 30.4 Å². The number of benzene rings is 1. The van der Waals surface area contributed by atoms with Crippen LogP contribution in [-0.4, -0.2) is 18.0 Å². The molecule has 1 heterocycles. The molecule has 1 nitrogen and oxygen atoms in total. The lowest BCUT2D eigenvalue weighted by atomic mass is 10.0. The topological polar surface area (TPSA) is 3.24 Å². The largest absolute Gasteiger partial charge is 0.374 e. The highest BCUT2D eigenvalue weighted by Gasteiger charge is 2.02. The fourth-order valence-electron chi connectivity index (χ4n) is 2.13. The van der Waals surface area contributed by atoms with Crippen molar-refractivity contribution >= 4 is 0 Å². The van der Waals surface area contributed by atoms with Gasteiger partial charge >= 0.3 is 0 Å². The van der Waals surface area contributed by atoms with E-state index >= 15 is 0 Å². The minimum atomic E-state index is 1.08. The van der Waals surface area contributed by atoms with Gasteiger partial charge < -0.3 is 4.90 Å². The number of allylic oxidation sites excluding steroid dienone is 2. The third kappa shape index (κ3) is 3.77. The zero-order valence-corrected chi connectivity index (χ0v) is 10.6. The van der Waals surface area contributed by atoms with Crippen molar-refractivity contribution in [3.63, 3.8) is 0 Å².